The Bertz CT molecular complexity index is 1400. The molecular formula is C41H69NO7Si2. The van der Waals surface area contributed by atoms with Crippen LogP contribution in [0.1, 0.15) is 127 Å². The molecule has 1 fully saturated rings. The minimum absolute atomic E-state index is 0.0448. The number of esters is 1. The van der Waals surface area contributed by atoms with Gasteiger partial charge in [-0.2, -0.15) is 4.98 Å². The van der Waals surface area contributed by atoms with E-state index in [0.29, 0.717) is 23.0 Å². The fourth-order valence-corrected chi connectivity index (χ4v) is 13.9. The molecule has 1 aromatic rings. The molecule has 1 aliphatic rings. The van der Waals surface area contributed by atoms with Gasteiger partial charge in [-0.1, -0.05) is 106 Å². The van der Waals surface area contributed by atoms with Crippen LogP contribution in [0.4, 0.5) is 0 Å². The van der Waals surface area contributed by atoms with Crippen LogP contribution in [-0.2, 0) is 23.1 Å². The molecule has 0 bridgehead atoms. The lowest BCUT2D eigenvalue weighted by molar-refractivity contribution is -0.139. The molecule has 2 rings (SSSR count). The molecule has 2 heterocycles. The van der Waals surface area contributed by atoms with Gasteiger partial charge in [0.2, 0.25) is 8.32 Å². The van der Waals surface area contributed by atoms with Gasteiger partial charge in [0.05, 0.1) is 18.8 Å². The third-order valence-electron chi connectivity index (χ3n) is 10.6. The number of oxazole rings is 1. The van der Waals surface area contributed by atoms with Crippen molar-refractivity contribution < 1.29 is 32.3 Å². The SMILES string of the molecule is C/C=C/[C@H](O[Si](C(C)C)(C(C)C)C(C)C)C(C)(C)[C@H](C/C=C\[C@@H]1OC(C)(C)O[C@H]1/C=C/C#Cc1nc(C(=O)OCC)co1)O[Si](C)(C)C(C)(C)C. The summed E-state index contributed by atoms with van der Waals surface area (Å²) in [6, 6.07) is 0. The fourth-order valence-electron chi connectivity index (χ4n) is 6.79. The van der Waals surface area contributed by atoms with Crippen LogP contribution in [-0.4, -0.2) is 64.4 Å². The number of ether oxygens (including phenoxy) is 3. The van der Waals surface area contributed by atoms with Crippen LogP contribution in [0.25, 0.3) is 0 Å². The molecule has 288 valence electrons. The summed E-state index contributed by atoms with van der Waals surface area (Å²) in [4.78, 5) is 16.0. The predicted octanol–water partition coefficient (Wildman–Crippen LogP) is 10.8. The van der Waals surface area contributed by atoms with Crippen LogP contribution in [0.2, 0.25) is 34.8 Å². The summed E-state index contributed by atoms with van der Waals surface area (Å²) in [5, 5.41) is 0.0448. The molecule has 0 unspecified atom stereocenters. The van der Waals surface area contributed by atoms with E-state index in [1.807, 2.05) is 19.9 Å². The number of carbonyl (C=O) groups excluding carboxylic acids is 1. The minimum Gasteiger partial charge on any atom is -0.461 e. The van der Waals surface area contributed by atoms with Gasteiger partial charge in [-0.15, -0.1) is 0 Å². The van der Waals surface area contributed by atoms with Crippen LogP contribution in [0.5, 0.6) is 0 Å². The summed E-state index contributed by atoms with van der Waals surface area (Å²) in [5.41, 5.74) is 1.16. The highest BCUT2D eigenvalue weighted by molar-refractivity contribution is 6.77. The maximum absolute atomic E-state index is 11.9. The van der Waals surface area contributed by atoms with Crippen molar-refractivity contribution in [2.24, 2.45) is 5.41 Å². The molecule has 0 aliphatic carbocycles. The van der Waals surface area contributed by atoms with Crippen molar-refractivity contribution in [3.63, 3.8) is 0 Å². The molecule has 1 aliphatic heterocycles. The summed E-state index contributed by atoms with van der Waals surface area (Å²) in [6.07, 6.45) is 13.3. The van der Waals surface area contributed by atoms with Gasteiger partial charge in [0.1, 0.15) is 18.5 Å². The quantitative estimate of drug-likeness (QED) is 0.0715. The Morgan fingerprint density at radius 1 is 0.980 bits per heavy atom. The second-order valence-corrected chi connectivity index (χ2v) is 27.3. The number of nitrogens with zero attached hydrogens (tertiary/aromatic N) is 1. The van der Waals surface area contributed by atoms with Gasteiger partial charge in [-0.25, -0.2) is 4.79 Å². The summed E-state index contributed by atoms with van der Waals surface area (Å²) in [5.74, 6) is 4.58. The van der Waals surface area contributed by atoms with Gasteiger partial charge in [-0.05, 0) is 86.9 Å². The Morgan fingerprint density at radius 3 is 2.06 bits per heavy atom. The highest BCUT2D eigenvalue weighted by Gasteiger charge is 2.51. The molecule has 4 atom stereocenters. The standard InChI is InChI=1S/C41H69NO7Si2/c1-18-23-35(49-51(29(3)4,30(5)6)31(7)8)40(12,13)36(48-50(16,17)39(9,10)11)26-22-25-34-33(46-41(14,15)47-34)24-20-21-27-37-42-32(28-45-37)38(43)44-19-2/h18,20,22-25,28-31,33-36H,19,26H2,1-17H3/b23-18+,24-20+,25-22-/t33-,34-,35-,36-/m0/s1. The molecule has 1 saturated heterocycles. The molecule has 0 radical (unpaired) electrons. The van der Waals surface area contributed by atoms with E-state index >= 15 is 0 Å². The van der Waals surface area contributed by atoms with Crippen molar-refractivity contribution >= 4 is 22.6 Å². The Morgan fingerprint density at radius 2 is 1.55 bits per heavy atom. The van der Waals surface area contributed by atoms with Gasteiger partial charge < -0.3 is 27.5 Å². The maximum atomic E-state index is 11.9. The molecule has 0 N–H and O–H groups in total. The summed E-state index contributed by atoms with van der Waals surface area (Å²) in [6.45, 7) is 38.1. The van der Waals surface area contributed by atoms with E-state index in [2.05, 4.69) is 137 Å². The van der Waals surface area contributed by atoms with Crippen LogP contribution in [0.15, 0.2) is 47.1 Å². The molecule has 51 heavy (non-hydrogen) atoms. The van der Waals surface area contributed by atoms with Crippen LogP contribution in [0, 0.1) is 17.3 Å². The fraction of sp³-hybridized carbons (Fsp3) is 0.707. The Labute approximate surface area is 312 Å². The number of carbonyl (C=O) groups is 1. The first-order chi connectivity index (χ1) is 23.4. The Kier molecular flexibility index (Phi) is 16.0. The minimum atomic E-state index is -2.20. The highest BCUT2D eigenvalue weighted by Crippen LogP contribution is 2.48. The first kappa shape index (κ1) is 44.9. The van der Waals surface area contributed by atoms with Crippen molar-refractivity contribution in [3.8, 4) is 11.8 Å². The van der Waals surface area contributed by atoms with E-state index in [0.717, 1.165) is 0 Å². The summed E-state index contributed by atoms with van der Waals surface area (Å²) in [7, 11) is -4.37. The van der Waals surface area contributed by atoms with E-state index in [1.165, 1.54) is 6.26 Å². The zero-order valence-corrected chi connectivity index (χ0v) is 36.8. The van der Waals surface area contributed by atoms with Crippen LogP contribution >= 0.6 is 0 Å². The summed E-state index contributed by atoms with van der Waals surface area (Å²) < 4.78 is 37.7. The van der Waals surface area contributed by atoms with Crippen LogP contribution < -0.4 is 0 Å². The largest absolute Gasteiger partial charge is 0.461 e. The summed E-state index contributed by atoms with van der Waals surface area (Å²) >= 11 is 0. The first-order valence-corrected chi connectivity index (χ1v) is 23.8. The van der Waals surface area contributed by atoms with E-state index in [-0.39, 0.29) is 53.1 Å². The molecule has 0 amide bonds. The number of hydrogen-bond donors (Lipinski definition) is 0. The lowest BCUT2D eigenvalue weighted by Crippen LogP contribution is -2.56. The second-order valence-electron chi connectivity index (χ2n) is 17.2. The molecule has 10 heteroatoms. The van der Waals surface area contributed by atoms with Crippen LogP contribution in [0.3, 0.4) is 0 Å². The third kappa shape index (κ3) is 11.6. The van der Waals surface area contributed by atoms with Crippen molar-refractivity contribution in [2.45, 2.75) is 175 Å². The topological polar surface area (TPSA) is 89.2 Å². The number of rotatable bonds is 16. The molecule has 0 saturated carbocycles. The highest BCUT2D eigenvalue weighted by atomic mass is 28.4. The Balaban J connectivity index is 2.43. The van der Waals surface area contributed by atoms with Crippen molar-refractivity contribution in [2.75, 3.05) is 6.61 Å². The predicted molar refractivity (Wildman–Crippen MR) is 213 cm³/mol. The van der Waals surface area contributed by atoms with E-state index in [4.69, 9.17) is 27.5 Å². The van der Waals surface area contributed by atoms with E-state index in [1.54, 1.807) is 13.0 Å². The first-order valence-electron chi connectivity index (χ1n) is 18.8. The number of hydrogen-bond acceptors (Lipinski definition) is 8. The van der Waals surface area contributed by atoms with Crippen molar-refractivity contribution in [1.82, 2.24) is 4.98 Å². The van der Waals surface area contributed by atoms with Gasteiger partial charge >= 0.3 is 5.97 Å². The second kappa shape index (κ2) is 18.2. The Hall–Kier alpha value is -2.27. The molecule has 0 aromatic carbocycles. The monoisotopic (exact) mass is 743 g/mol. The zero-order valence-electron chi connectivity index (χ0n) is 34.8. The third-order valence-corrected chi connectivity index (χ3v) is 21.2. The van der Waals surface area contributed by atoms with Gasteiger partial charge in [0, 0.05) is 5.41 Å². The number of allylic oxidation sites excluding steroid dienone is 2. The average molecular weight is 744 g/mol. The lowest BCUT2D eigenvalue weighted by Gasteiger charge is -2.51. The van der Waals surface area contributed by atoms with Crippen molar-refractivity contribution in [3.05, 3.63) is 54.3 Å². The number of aromatic nitrogens is 1. The van der Waals surface area contributed by atoms with E-state index < -0.39 is 28.4 Å². The molecule has 0 spiro atoms. The maximum Gasteiger partial charge on any atom is 0.360 e. The van der Waals surface area contributed by atoms with Gasteiger partial charge in [0.15, 0.2) is 19.8 Å². The van der Waals surface area contributed by atoms with Crippen molar-refractivity contribution in [1.29, 1.82) is 0 Å². The zero-order chi connectivity index (χ0) is 39.0. The molecule has 8 nitrogen and oxygen atoms in total. The molecule has 1 aromatic heterocycles. The average Bonchev–Trinajstić information content (AvgIpc) is 3.59. The molecular weight excluding hydrogens is 675 g/mol. The van der Waals surface area contributed by atoms with E-state index in [9.17, 15) is 4.79 Å². The van der Waals surface area contributed by atoms with Gasteiger partial charge in [0.25, 0.3) is 5.89 Å². The smallest absolute Gasteiger partial charge is 0.360 e. The normalized spacial score (nSPS) is 20.2. The van der Waals surface area contributed by atoms with Gasteiger partial charge in [-0.3, -0.25) is 0 Å². The lowest BCUT2D eigenvalue weighted by atomic mass is 9.79.